The van der Waals surface area contributed by atoms with Crippen molar-refractivity contribution in [3.8, 4) is 5.75 Å². The summed E-state index contributed by atoms with van der Waals surface area (Å²) in [5.74, 6) is -6.94. The fraction of sp³-hybridized carbons (Fsp3) is 0.387. The van der Waals surface area contributed by atoms with E-state index in [0.29, 0.717) is 22.7 Å². The number of benzene rings is 2. The molecule has 1 amide bonds. The third-order valence-corrected chi connectivity index (χ3v) is 9.56. The highest BCUT2D eigenvalue weighted by Gasteiger charge is 2.63. The minimum absolute atomic E-state index is 0.00196. The maximum atomic E-state index is 13.8. The molecule has 0 spiro atoms. The van der Waals surface area contributed by atoms with Crippen molar-refractivity contribution in [3.05, 3.63) is 86.3 Å². The van der Waals surface area contributed by atoms with Crippen LogP contribution in [-0.4, -0.2) is 80.5 Å². The Morgan fingerprint density at radius 2 is 1.79 bits per heavy atom. The van der Waals surface area contributed by atoms with Crippen molar-refractivity contribution in [3.63, 3.8) is 0 Å². The van der Waals surface area contributed by atoms with E-state index in [4.69, 9.17) is 17.3 Å². The van der Waals surface area contributed by atoms with Crippen LogP contribution in [0.3, 0.4) is 0 Å². The van der Waals surface area contributed by atoms with Crippen molar-refractivity contribution in [1.29, 1.82) is 0 Å². The second-order valence-corrected chi connectivity index (χ2v) is 12.1. The minimum atomic E-state index is -2.68. The Balaban J connectivity index is 1.58. The number of hydrogen-bond acceptors (Lipinski definition) is 9. The predicted molar refractivity (Wildman–Crippen MR) is 155 cm³/mol. The average molecular weight is 596 g/mol. The molecule has 5 atom stereocenters. The number of carbonyl (C=O) groups is 3. The van der Waals surface area contributed by atoms with Gasteiger partial charge in [-0.1, -0.05) is 41.9 Å². The Kier molecular flexibility index (Phi) is 7.47. The molecule has 0 bridgehead atoms. The van der Waals surface area contributed by atoms with Crippen molar-refractivity contribution in [2.45, 2.75) is 44.0 Å². The first-order chi connectivity index (χ1) is 19.7. The lowest BCUT2D eigenvalue weighted by Crippen LogP contribution is -2.63. The number of ketones is 2. The van der Waals surface area contributed by atoms with E-state index >= 15 is 0 Å². The number of rotatable bonds is 6. The quantitative estimate of drug-likeness (QED) is 0.316. The molecule has 0 aromatic heterocycles. The predicted octanol–water partition coefficient (Wildman–Crippen LogP) is 2.97. The molecule has 1 unspecified atom stereocenters. The molecule has 222 valence electrons. The molecule has 5 rings (SSSR count). The number of Topliss-reactive ketones (excluding diaryl/α,β-unsaturated/α-hetero) is 2. The fourth-order valence-corrected chi connectivity index (χ4v) is 7.15. The molecule has 0 radical (unpaired) electrons. The third-order valence-electron chi connectivity index (χ3n) is 9.09. The van der Waals surface area contributed by atoms with Gasteiger partial charge < -0.3 is 26.2 Å². The van der Waals surface area contributed by atoms with Crippen LogP contribution in [0.4, 0.5) is 0 Å². The molecule has 10 nitrogen and oxygen atoms in total. The van der Waals surface area contributed by atoms with E-state index in [0.717, 1.165) is 5.56 Å². The molecule has 0 fully saturated rings. The van der Waals surface area contributed by atoms with E-state index in [-0.39, 0.29) is 35.8 Å². The second kappa shape index (κ2) is 10.5. The van der Waals surface area contributed by atoms with Gasteiger partial charge in [0.15, 0.2) is 11.4 Å². The Morgan fingerprint density at radius 1 is 1.14 bits per heavy atom. The molecule has 0 aliphatic heterocycles. The van der Waals surface area contributed by atoms with E-state index in [1.807, 2.05) is 44.3 Å². The van der Waals surface area contributed by atoms with Gasteiger partial charge in [0.05, 0.1) is 11.6 Å². The van der Waals surface area contributed by atoms with Gasteiger partial charge in [0.1, 0.15) is 22.8 Å². The van der Waals surface area contributed by atoms with Crippen LogP contribution in [-0.2, 0) is 22.6 Å². The molecule has 2 aromatic carbocycles. The van der Waals surface area contributed by atoms with E-state index in [9.17, 15) is 34.8 Å². The Morgan fingerprint density at radius 3 is 2.38 bits per heavy atom. The number of aliphatic hydroxyl groups is 3. The number of phenolic OH excluding ortho intramolecular Hbond substituents is 1. The summed E-state index contributed by atoms with van der Waals surface area (Å²) in [7, 11) is 5.10. The summed E-state index contributed by atoms with van der Waals surface area (Å²) in [5, 5.41) is 45.4. The van der Waals surface area contributed by atoms with Crippen molar-refractivity contribution < 1.29 is 34.8 Å². The third kappa shape index (κ3) is 4.32. The fourth-order valence-electron chi connectivity index (χ4n) is 6.86. The number of aliphatic hydroxyl groups excluding tert-OH is 2. The normalized spacial score (nSPS) is 26.3. The van der Waals surface area contributed by atoms with Crippen molar-refractivity contribution in [2.24, 2.45) is 17.6 Å². The molecule has 0 saturated carbocycles. The number of phenols is 1. The largest absolute Gasteiger partial charge is 0.510 e. The molecule has 2 aromatic rings. The number of carbonyl (C=O) groups excluding carboxylic acids is 3. The lowest BCUT2D eigenvalue weighted by Gasteiger charge is -2.50. The van der Waals surface area contributed by atoms with Gasteiger partial charge >= 0.3 is 0 Å². The molecule has 6 N–H and O–H groups in total. The van der Waals surface area contributed by atoms with Gasteiger partial charge in [-0.15, -0.1) is 0 Å². The highest BCUT2D eigenvalue weighted by molar-refractivity contribution is 6.33. The summed E-state index contributed by atoms with van der Waals surface area (Å²) in [6.07, 6.45) is 0.130. The number of amides is 1. The van der Waals surface area contributed by atoms with E-state index < -0.39 is 58.0 Å². The molecular formula is C31H34ClN3O7. The van der Waals surface area contributed by atoms with Gasteiger partial charge in [-0.3, -0.25) is 24.2 Å². The van der Waals surface area contributed by atoms with Crippen LogP contribution in [0.5, 0.6) is 5.75 Å². The lowest BCUT2D eigenvalue weighted by molar-refractivity contribution is -0.148. The van der Waals surface area contributed by atoms with Crippen LogP contribution in [0.15, 0.2) is 59.1 Å². The van der Waals surface area contributed by atoms with Crippen LogP contribution in [0.1, 0.15) is 46.4 Å². The van der Waals surface area contributed by atoms with E-state index in [1.165, 1.54) is 11.0 Å². The maximum absolute atomic E-state index is 13.8. The first-order valence-corrected chi connectivity index (χ1v) is 14.0. The molecule has 0 heterocycles. The molecule has 0 saturated heterocycles. The Hall–Kier alpha value is -3.70. The zero-order valence-corrected chi connectivity index (χ0v) is 24.5. The highest BCUT2D eigenvalue weighted by Crippen LogP contribution is 2.53. The van der Waals surface area contributed by atoms with Crippen LogP contribution in [0.2, 0.25) is 5.02 Å². The van der Waals surface area contributed by atoms with Crippen LogP contribution in [0.25, 0.3) is 0 Å². The number of aromatic hydroxyl groups is 1. The van der Waals surface area contributed by atoms with Crippen molar-refractivity contribution in [2.75, 3.05) is 21.1 Å². The summed E-state index contributed by atoms with van der Waals surface area (Å²) in [5.41, 5.74) is 3.65. The molecule has 3 aliphatic rings. The molecule has 11 heteroatoms. The van der Waals surface area contributed by atoms with Gasteiger partial charge in [-0.2, -0.15) is 0 Å². The molecule has 3 aliphatic carbocycles. The number of hydrogen-bond donors (Lipinski definition) is 5. The number of halogens is 1. The van der Waals surface area contributed by atoms with Crippen molar-refractivity contribution in [1.82, 2.24) is 9.80 Å². The lowest BCUT2D eigenvalue weighted by atomic mass is 9.58. The standard InChI is InChI=1S/C31H34ClN3O7/c1-14(15-8-6-5-7-9-15)35(4)13-17-12-20(36)22-18(24(17)32)10-16-11-19-25(34(2)3)27(38)23(30(33)41)29(40)31(19,42)28(39)21(16)26(22)37/h5-9,12,14,16,19,25,36,38-39,42H,10-11,13H2,1-4H3,(H2,33,41)/t14?,16-,19-,25-,31-/m0/s1. The number of nitrogens with two attached hydrogens (primary N) is 1. The van der Waals surface area contributed by atoms with Gasteiger partial charge in [-0.05, 0) is 69.6 Å². The van der Waals surface area contributed by atoms with Gasteiger partial charge in [0.2, 0.25) is 5.78 Å². The van der Waals surface area contributed by atoms with Gasteiger partial charge in [-0.25, -0.2) is 0 Å². The number of likely N-dealkylation sites (N-methyl/N-ethyl adjacent to an activating group) is 1. The summed E-state index contributed by atoms with van der Waals surface area (Å²) >= 11 is 6.89. The molecule has 42 heavy (non-hydrogen) atoms. The number of allylic oxidation sites excluding steroid dienone is 1. The average Bonchev–Trinajstić information content (AvgIpc) is 2.93. The van der Waals surface area contributed by atoms with Gasteiger partial charge in [0, 0.05) is 29.1 Å². The SMILES string of the molecule is CC(c1ccccc1)N(C)Cc1cc(O)c2c(c1Cl)C[C@H]1C[C@H]3[C@H](N(C)C)C(O)=C(C(N)=O)C(=O)[C@@]3(O)C(O)=C1C2=O. The Labute approximate surface area is 248 Å². The summed E-state index contributed by atoms with van der Waals surface area (Å²) < 4.78 is 0. The van der Waals surface area contributed by atoms with E-state index in [2.05, 4.69) is 4.90 Å². The first-order valence-electron chi connectivity index (χ1n) is 13.6. The zero-order chi connectivity index (χ0) is 30.8. The summed E-state index contributed by atoms with van der Waals surface area (Å²) in [6.45, 7) is 2.42. The summed E-state index contributed by atoms with van der Waals surface area (Å²) in [6, 6.07) is 10.3. The smallest absolute Gasteiger partial charge is 0.255 e. The highest BCUT2D eigenvalue weighted by atomic mass is 35.5. The Bertz CT molecular complexity index is 1570. The zero-order valence-electron chi connectivity index (χ0n) is 23.8. The van der Waals surface area contributed by atoms with Crippen LogP contribution < -0.4 is 5.73 Å². The maximum Gasteiger partial charge on any atom is 0.255 e. The van der Waals surface area contributed by atoms with Gasteiger partial charge in [0.25, 0.3) is 5.91 Å². The number of primary amides is 1. The van der Waals surface area contributed by atoms with Crippen LogP contribution >= 0.6 is 11.6 Å². The van der Waals surface area contributed by atoms with Crippen molar-refractivity contribution >= 4 is 29.1 Å². The van der Waals surface area contributed by atoms with Crippen LogP contribution in [0, 0.1) is 11.8 Å². The number of fused-ring (bicyclic) bond motifs is 3. The minimum Gasteiger partial charge on any atom is -0.510 e. The summed E-state index contributed by atoms with van der Waals surface area (Å²) in [4.78, 5) is 42.9. The first kappa shape index (κ1) is 29.8. The molecular weight excluding hydrogens is 562 g/mol. The van der Waals surface area contributed by atoms with E-state index in [1.54, 1.807) is 14.1 Å². The monoisotopic (exact) mass is 595 g/mol. The number of nitrogens with zero attached hydrogens (tertiary/aromatic N) is 2. The topological polar surface area (TPSA) is 165 Å². The second-order valence-electron chi connectivity index (χ2n) is 11.7.